The van der Waals surface area contributed by atoms with Crippen molar-refractivity contribution in [2.45, 2.75) is 19.3 Å². The smallest absolute Gasteiger partial charge is 0.252 e. The molecule has 1 aliphatic rings. The zero-order valence-electron chi connectivity index (χ0n) is 14.5. The molecule has 9 nitrogen and oxygen atoms in total. The Bertz CT molecular complexity index is 730. The second kappa shape index (κ2) is 8.52. The number of hydrogen-bond acceptors (Lipinski definition) is 6. The number of nitrogens with two attached hydrogens (primary N) is 1. The van der Waals surface area contributed by atoms with Crippen molar-refractivity contribution < 1.29 is 9.59 Å². The lowest BCUT2D eigenvalue weighted by molar-refractivity contribution is -0.123. The number of hydrogen-bond donors (Lipinski definition) is 2. The molecule has 9 heteroatoms. The Labute approximate surface area is 151 Å². The molecule has 1 saturated heterocycles. The number of amides is 2. The lowest BCUT2D eigenvalue weighted by atomic mass is 9.97. The van der Waals surface area contributed by atoms with Gasteiger partial charge in [-0.15, -0.1) is 10.2 Å². The topological polar surface area (TPSA) is 119 Å². The molecule has 2 aromatic rings. The third-order valence-electron chi connectivity index (χ3n) is 4.54. The van der Waals surface area contributed by atoms with Crippen LogP contribution in [0.15, 0.2) is 31.0 Å². The van der Waals surface area contributed by atoms with Crippen molar-refractivity contribution in [3.05, 3.63) is 36.5 Å². The van der Waals surface area contributed by atoms with E-state index in [0.29, 0.717) is 17.9 Å². The van der Waals surface area contributed by atoms with Crippen molar-refractivity contribution in [1.29, 1.82) is 0 Å². The molecule has 0 spiro atoms. The molecule has 1 fully saturated rings. The summed E-state index contributed by atoms with van der Waals surface area (Å²) >= 11 is 0. The number of piperidine rings is 1. The number of carbonyl (C=O) groups is 2. The minimum Gasteiger partial charge on any atom is -0.369 e. The third kappa shape index (κ3) is 4.63. The number of pyridine rings is 1. The molecule has 1 atom stereocenters. The molecule has 0 bridgehead atoms. The number of nitrogens with one attached hydrogen (secondary N) is 1. The highest BCUT2D eigenvalue weighted by Gasteiger charge is 2.23. The number of nitrogens with zero attached hydrogens (tertiary/aromatic N) is 5. The zero-order chi connectivity index (χ0) is 18.4. The molecule has 0 radical (unpaired) electrons. The lowest BCUT2D eigenvalue weighted by Gasteiger charge is -2.31. The summed E-state index contributed by atoms with van der Waals surface area (Å²) < 4.78 is 1.67. The fraction of sp³-hybridized carbons (Fsp3) is 0.471. The van der Waals surface area contributed by atoms with Gasteiger partial charge in [0.05, 0.1) is 11.5 Å². The van der Waals surface area contributed by atoms with E-state index in [2.05, 4.69) is 25.4 Å². The maximum absolute atomic E-state index is 12.2. The summed E-state index contributed by atoms with van der Waals surface area (Å²) in [7, 11) is 0. The second-order valence-electron chi connectivity index (χ2n) is 6.43. The van der Waals surface area contributed by atoms with E-state index in [1.54, 1.807) is 29.4 Å². The van der Waals surface area contributed by atoms with E-state index in [-0.39, 0.29) is 17.7 Å². The molecular weight excluding hydrogens is 334 g/mol. The minimum absolute atomic E-state index is 0.0476. The van der Waals surface area contributed by atoms with Gasteiger partial charge < -0.3 is 16.0 Å². The van der Waals surface area contributed by atoms with Crippen molar-refractivity contribution in [2.24, 2.45) is 11.7 Å². The highest BCUT2D eigenvalue weighted by molar-refractivity contribution is 5.93. The maximum Gasteiger partial charge on any atom is 0.252 e. The first-order valence-corrected chi connectivity index (χ1v) is 8.74. The fourth-order valence-corrected chi connectivity index (χ4v) is 3.09. The molecule has 3 heterocycles. The summed E-state index contributed by atoms with van der Waals surface area (Å²) in [4.78, 5) is 30.0. The van der Waals surface area contributed by atoms with Crippen LogP contribution in [0.25, 0.3) is 5.82 Å². The first-order chi connectivity index (χ1) is 12.6. The molecule has 1 aliphatic heterocycles. The quantitative estimate of drug-likeness (QED) is 0.672. The van der Waals surface area contributed by atoms with E-state index < -0.39 is 0 Å². The van der Waals surface area contributed by atoms with Gasteiger partial charge in [-0.2, -0.15) is 0 Å². The molecule has 0 aliphatic carbocycles. The molecule has 3 N–H and O–H groups in total. The van der Waals surface area contributed by atoms with E-state index in [1.807, 2.05) is 0 Å². The first kappa shape index (κ1) is 18.0. The Balaban J connectivity index is 1.41. The van der Waals surface area contributed by atoms with Gasteiger partial charge >= 0.3 is 0 Å². The van der Waals surface area contributed by atoms with Gasteiger partial charge in [-0.25, -0.2) is 4.98 Å². The van der Waals surface area contributed by atoms with Crippen molar-refractivity contribution in [3.8, 4) is 5.82 Å². The molecular formula is C17H23N7O2. The highest BCUT2D eigenvalue weighted by atomic mass is 16.2. The largest absolute Gasteiger partial charge is 0.369 e. The van der Waals surface area contributed by atoms with E-state index in [9.17, 15) is 9.59 Å². The van der Waals surface area contributed by atoms with E-state index in [4.69, 9.17) is 5.73 Å². The summed E-state index contributed by atoms with van der Waals surface area (Å²) in [5, 5.41) is 10.3. The predicted molar refractivity (Wildman–Crippen MR) is 94.5 cm³/mol. The zero-order valence-corrected chi connectivity index (χ0v) is 14.5. The van der Waals surface area contributed by atoms with Gasteiger partial charge in [-0.1, -0.05) is 0 Å². The van der Waals surface area contributed by atoms with Gasteiger partial charge in [0.2, 0.25) is 5.91 Å². The Morgan fingerprint density at radius 3 is 2.77 bits per heavy atom. The summed E-state index contributed by atoms with van der Waals surface area (Å²) in [6.45, 7) is 3.11. The molecule has 3 rings (SSSR count). The SMILES string of the molecule is NC(=O)[C@@H]1CCCN(CCCNC(=O)c2ccc(-n3cnnc3)nc2)C1. The monoisotopic (exact) mass is 357 g/mol. The first-order valence-electron chi connectivity index (χ1n) is 8.74. The van der Waals surface area contributed by atoms with Crippen molar-refractivity contribution >= 4 is 11.8 Å². The molecule has 0 unspecified atom stereocenters. The molecule has 26 heavy (non-hydrogen) atoms. The van der Waals surface area contributed by atoms with Crippen molar-refractivity contribution in [3.63, 3.8) is 0 Å². The molecule has 0 saturated carbocycles. The van der Waals surface area contributed by atoms with Gasteiger partial charge in [-0.05, 0) is 44.5 Å². The van der Waals surface area contributed by atoms with Crippen LogP contribution >= 0.6 is 0 Å². The van der Waals surface area contributed by atoms with Gasteiger partial charge in [0.15, 0.2) is 0 Å². The number of carbonyl (C=O) groups excluding carboxylic acids is 2. The normalized spacial score (nSPS) is 17.8. The summed E-state index contributed by atoms with van der Waals surface area (Å²) in [5.74, 6) is 0.237. The highest BCUT2D eigenvalue weighted by Crippen LogP contribution is 2.15. The van der Waals surface area contributed by atoms with Crippen LogP contribution in [0.5, 0.6) is 0 Å². The number of primary amides is 1. The Morgan fingerprint density at radius 1 is 1.27 bits per heavy atom. The van der Waals surface area contributed by atoms with Crippen LogP contribution in [0.1, 0.15) is 29.6 Å². The average molecular weight is 357 g/mol. The summed E-state index contributed by atoms with van der Waals surface area (Å²) in [5.41, 5.74) is 5.90. The van der Waals surface area contributed by atoms with Crippen LogP contribution < -0.4 is 11.1 Å². The van der Waals surface area contributed by atoms with E-state index in [1.165, 1.54) is 6.20 Å². The van der Waals surface area contributed by atoms with Crippen molar-refractivity contribution in [2.75, 3.05) is 26.2 Å². The molecule has 2 aromatic heterocycles. The minimum atomic E-state index is -0.217. The third-order valence-corrected chi connectivity index (χ3v) is 4.54. The second-order valence-corrected chi connectivity index (χ2v) is 6.43. The molecule has 2 amide bonds. The Kier molecular flexibility index (Phi) is 5.90. The van der Waals surface area contributed by atoms with E-state index >= 15 is 0 Å². The predicted octanol–water partition coefficient (Wildman–Crippen LogP) is -0.0205. The van der Waals surface area contributed by atoms with Crippen LogP contribution in [-0.4, -0.2) is 62.6 Å². The van der Waals surface area contributed by atoms with Crippen LogP contribution in [0.2, 0.25) is 0 Å². The fourth-order valence-electron chi connectivity index (χ4n) is 3.09. The number of likely N-dealkylation sites (tertiary alicyclic amines) is 1. The summed E-state index contributed by atoms with van der Waals surface area (Å²) in [6.07, 6.45) is 7.32. The number of rotatable bonds is 7. The van der Waals surface area contributed by atoms with Gasteiger partial charge in [-0.3, -0.25) is 14.2 Å². The average Bonchev–Trinajstić information content (AvgIpc) is 3.20. The number of aromatic nitrogens is 4. The molecule has 138 valence electrons. The lowest BCUT2D eigenvalue weighted by Crippen LogP contribution is -2.42. The van der Waals surface area contributed by atoms with Crippen molar-refractivity contribution in [1.82, 2.24) is 30.0 Å². The Hall–Kier alpha value is -2.81. The van der Waals surface area contributed by atoms with Gasteiger partial charge in [0.25, 0.3) is 5.91 Å². The Morgan fingerprint density at radius 2 is 2.08 bits per heavy atom. The van der Waals surface area contributed by atoms with Crippen LogP contribution in [0.4, 0.5) is 0 Å². The van der Waals surface area contributed by atoms with Gasteiger partial charge in [0, 0.05) is 19.3 Å². The summed E-state index contributed by atoms with van der Waals surface area (Å²) in [6, 6.07) is 3.47. The molecule has 0 aromatic carbocycles. The van der Waals surface area contributed by atoms with Crippen LogP contribution in [-0.2, 0) is 4.79 Å². The van der Waals surface area contributed by atoms with E-state index in [0.717, 1.165) is 38.9 Å². The van der Waals surface area contributed by atoms with Crippen LogP contribution in [0, 0.1) is 5.92 Å². The maximum atomic E-state index is 12.2. The van der Waals surface area contributed by atoms with Crippen LogP contribution in [0.3, 0.4) is 0 Å². The van der Waals surface area contributed by atoms with Gasteiger partial charge in [0.1, 0.15) is 18.5 Å². The standard InChI is InChI=1S/C17H23N7O2/c18-16(25)14-3-1-7-23(10-14)8-2-6-19-17(26)13-4-5-15(20-9-13)24-11-21-22-12-24/h4-5,9,11-12,14H,1-3,6-8,10H2,(H2,18,25)(H,19,26)/t14-/m1/s1.